The number of alkyl halides is 3. The maximum atomic E-state index is 12.5. The number of hydrogen-bond acceptors (Lipinski definition) is 1. The lowest BCUT2D eigenvalue weighted by Gasteiger charge is -2.15. The lowest BCUT2D eigenvalue weighted by molar-refractivity contribution is -0.138. The number of nitrogens with two attached hydrogens (primary N) is 1. The van der Waals surface area contributed by atoms with Crippen molar-refractivity contribution in [3.05, 3.63) is 27.2 Å². The van der Waals surface area contributed by atoms with E-state index in [0.717, 1.165) is 0 Å². The van der Waals surface area contributed by atoms with Gasteiger partial charge in [0.05, 0.1) is 10.0 Å². The third kappa shape index (κ3) is 1.87. The Hall–Kier alpha value is -0.710. The molecular weight excluding hydrogens is 259 g/mol. The summed E-state index contributed by atoms with van der Waals surface area (Å²) in [6.07, 6.45) is -4.37. The summed E-state index contributed by atoms with van der Waals surface area (Å²) >= 11 is 2.87. The second kappa shape index (κ2) is 3.46. The molecule has 0 aliphatic rings. The van der Waals surface area contributed by atoms with E-state index >= 15 is 0 Å². The molecule has 78 valence electrons. The summed E-state index contributed by atoms with van der Waals surface area (Å²) in [7, 11) is 0. The van der Waals surface area contributed by atoms with Crippen LogP contribution in [-0.2, 0) is 6.18 Å². The average Bonchev–Trinajstić information content (AvgIpc) is 1.97. The van der Waals surface area contributed by atoms with Gasteiger partial charge >= 0.3 is 6.18 Å². The van der Waals surface area contributed by atoms with Crippen LogP contribution >= 0.6 is 15.9 Å². The minimum atomic E-state index is -4.37. The van der Waals surface area contributed by atoms with E-state index in [1.54, 1.807) is 6.92 Å². The Bertz CT molecular complexity index is 371. The summed E-state index contributed by atoms with van der Waals surface area (Å²) in [6.45, 7) is 3.09. The van der Waals surface area contributed by atoms with Crippen molar-refractivity contribution >= 4 is 21.6 Å². The summed E-state index contributed by atoms with van der Waals surface area (Å²) in [5.74, 6) is 0. The first kappa shape index (κ1) is 11.4. The monoisotopic (exact) mass is 267 g/mol. The first-order valence-electron chi connectivity index (χ1n) is 3.87. The van der Waals surface area contributed by atoms with Gasteiger partial charge in [0.25, 0.3) is 0 Å². The highest BCUT2D eigenvalue weighted by molar-refractivity contribution is 9.10. The Balaban J connectivity index is 3.53. The number of benzene rings is 1. The van der Waals surface area contributed by atoms with E-state index in [4.69, 9.17) is 5.73 Å². The van der Waals surface area contributed by atoms with Crippen molar-refractivity contribution in [3.63, 3.8) is 0 Å². The first-order chi connectivity index (χ1) is 6.25. The van der Waals surface area contributed by atoms with Crippen molar-refractivity contribution in [1.82, 2.24) is 0 Å². The summed E-state index contributed by atoms with van der Waals surface area (Å²) in [6, 6.07) is 1.43. The zero-order chi connectivity index (χ0) is 11.1. The van der Waals surface area contributed by atoms with Crippen LogP contribution in [0, 0.1) is 13.8 Å². The fraction of sp³-hybridized carbons (Fsp3) is 0.333. The van der Waals surface area contributed by atoms with Crippen LogP contribution in [0.2, 0.25) is 0 Å². The third-order valence-corrected chi connectivity index (χ3v) is 2.82. The molecule has 0 aromatic heterocycles. The molecule has 0 spiro atoms. The first-order valence-corrected chi connectivity index (χ1v) is 4.66. The molecule has 0 atom stereocenters. The molecule has 0 heterocycles. The molecule has 1 aromatic carbocycles. The molecule has 1 nitrogen and oxygen atoms in total. The molecule has 2 N–H and O–H groups in total. The maximum absolute atomic E-state index is 12.5. The minimum Gasteiger partial charge on any atom is -0.398 e. The van der Waals surface area contributed by atoms with Gasteiger partial charge in [0, 0.05) is 5.69 Å². The molecule has 0 saturated heterocycles. The number of halogens is 4. The number of rotatable bonds is 0. The molecule has 0 fully saturated rings. The predicted molar refractivity (Wildman–Crippen MR) is 53.0 cm³/mol. The SMILES string of the molecule is Cc1cc(C)c(C(F)(F)F)c(Br)c1N. The van der Waals surface area contributed by atoms with Gasteiger partial charge in [-0.2, -0.15) is 13.2 Å². The average molecular weight is 268 g/mol. The highest BCUT2D eigenvalue weighted by atomic mass is 79.9. The molecule has 0 radical (unpaired) electrons. The van der Waals surface area contributed by atoms with E-state index in [1.165, 1.54) is 13.0 Å². The highest BCUT2D eigenvalue weighted by Gasteiger charge is 2.35. The van der Waals surface area contributed by atoms with Crippen LogP contribution in [0.15, 0.2) is 10.5 Å². The van der Waals surface area contributed by atoms with Crippen LogP contribution < -0.4 is 5.73 Å². The highest BCUT2D eigenvalue weighted by Crippen LogP contribution is 2.40. The summed E-state index contributed by atoms with van der Waals surface area (Å²) < 4.78 is 37.5. The Morgan fingerprint density at radius 2 is 1.71 bits per heavy atom. The van der Waals surface area contributed by atoms with Crippen molar-refractivity contribution in [1.29, 1.82) is 0 Å². The van der Waals surface area contributed by atoms with Gasteiger partial charge in [0.15, 0.2) is 0 Å². The molecule has 1 aromatic rings. The largest absolute Gasteiger partial charge is 0.417 e. The van der Waals surface area contributed by atoms with Crippen LogP contribution in [0.5, 0.6) is 0 Å². The summed E-state index contributed by atoms with van der Waals surface area (Å²) in [5, 5.41) is 0. The molecule has 0 amide bonds. The molecule has 0 aliphatic heterocycles. The van der Waals surface area contributed by atoms with Crippen LogP contribution in [0.4, 0.5) is 18.9 Å². The van der Waals surface area contributed by atoms with Crippen molar-refractivity contribution in [2.45, 2.75) is 20.0 Å². The van der Waals surface area contributed by atoms with Crippen LogP contribution in [0.3, 0.4) is 0 Å². The lowest BCUT2D eigenvalue weighted by atomic mass is 10.0. The fourth-order valence-corrected chi connectivity index (χ4v) is 2.15. The molecular formula is C9H9BrF3N. The van der Waals surface area contributed by atoms with Gasteiger partial charge in [-0.05, 0) is 40.9 Å². The molecule has 14 heavy (non-hydrogen) atoms. The Morgan fingerprint density at radius 1 is 1.21 bits per heavy atom. The smallest absolute Gasteiger partial charge is 0.398 e. The van der Waals surface area contributed by atoms with Crippen molar-refractivity contribution in [2.24, 2.45) is 0 Å². The predicted octanol–water partition coefficient (Wildman–Crippen LogP) is 3.67. The zero-order valence-electron chi connectivity index (χ0n) is 7.67. The molecule has 0 saturated carbocycles. The Kier molecular flexibility index (Phi) is 2.81. The van der Waals surface area contributed by atoms with Crippen molar-refractivity contribution in [3.8, 4) is 0 Å². The Morgan fingerprint density at radius 3 is 2.14 bits per heavy atom. The van der Waals surface area contributed by atoms with E-state index < -0.39 is 11.7 Å². The molecule has 0 bridgehead atoms. The lowest BCUT2D eigenvalue weighted by Crippen LogP contribution is -2.10. The van der Waals surface area contributed by atoms with Crippen LogP contribution in [0.1, 0.15) is 16.7 Å². The van der Waals surface area contributed by atoms with Gasteiger partial charge < -0.3 is 5.73 Å². The van der Waals surface area contributed by atoms with E-state index in [0.29, 0.717) is 5.56 Å². The summed E-state index contributed by atoms with van der Waals surface area (Å²) in [5.41, 5.74) is 5.77. The van der Waals surface area contributed by atoms with Gasteiger partial charge in [-0.1, -0.05) is 6.07 Å². The number of aryl methyl sites for hydroxylation is 2. The Labute approximate surface area is 88.2 Å². The van der Waals surface area contributed by atoms with Gasteiger partial charge in [0.2, 0.25) is 0 Å². The van der Waals surface area contributed by atoms with Crippen LogP contribution in [-0.4, -0.2) is 0 Å². The van der Waals surface area contributed by atoms with E-state index in [1.807, 2.05) is 0 Å². The molecule has 5 heteroatoms. The fourth-order valence-electron chi connectivity index (χ4n) is 1.30. The third-order valence-electron chi connectivity index (χ3n) is 1.99. The van der Waals surface area contributed by atoms with Gasteiger partial charge in [-0.3, -0.25) is 0 Å². The normalized spacial score (nSPS) is 11.9. The standard InChI is InChI=1S/C9H9BrF3N/c1-4-3-5(2)8(14)7(10)6(4)9(11,12)13/h3H,14H2,1-2H3. The molecule has 0 unspecified atom stereocenters. The van der Waals surface area contributed by atoms with E-state index in [-0.39, 0.29) is 15.7 Å². The van der Waals surface area contributed by atoms with E-state index in [9.17, 15) is 13.2 Å². The molecule has 1 rings (SSSR count). The maximum Gasteiger partial charge on any atom is 0.417 e. The van der Waals surface area contributed by atoms with Crippen LogP contribution in [0.25, 0.3) is 0 Å². The van der Waals surface area contributed by atoms with Crippen molar-refractivity contribution < 1.29 is 13.2 Å². The van der Waals surface area contributed by atoms with Gasteiger partial charge in [-0.15, -0.1) is 0 Å². The number of hydrogen-bond donors (Lipinski definition) is 1. The van der Waals surface area contributed by atoms with Gasteiger partial charge in [0.1, 0.15) is 0 Å². The topological polar surface area (TPSA) is 26.0 Å². The quantitative estimate of drug-likeness (QED) is 0.714. The number of nitrogen functional groups attached to an aromatic ring is 1. The number of anilines is 1. The minimum absolute atomic E-state index is 0.0671. The zero-order valence-corrected chi connectivity index (χ0v) is 9.25. The van der Waals surface area contributed by atoms with E-state index in [2.05, 4.69) is 15.9 Å². The summed E-state index contributed by atoms with van der Waals surface area (Å²) in [4.78, 5) is 0. The van der Waals surface area contributed by atoms with Gasteiger partial charge in [-0.25, -0.2) is 0 Å². The van der Waals surface area contributed by atoms with Crippen molar-refractivity contribution in [2.75, 3.05) is 5.73 Å². The second-order valence-corrected chi connectivity index (χ2v) is 3.90. The second-order valence-electron chi connectivity index (χ2n) is 3.11. The molecule has 0 aliphatic carbocycles.